The number of aliphatic hydroxyl groups is 1. The first-order chi connectivity index (χ1) is 8.86. The van der Waals surface area contributed by atoms with Crippen LogP contribution in [0.4, 0.5) is 0 Å². The van der Waals surface area contributed by atoms with Gasteiger partial charge in [0.25, 0.3) is 0 Å². The maximum Gasteiger partial charge on any atom is 0.0655 e. The number of hydrogen-bond acceptors (Lipinski definition) is 2. The van der Waals surface area contributed by atoms with E-state index in [1.54, 1.807) is 0 Å². The lowest BCUT2D eigenvalue weighted by molar-refractivity contribution is 0.0676. The smallest absolute Gasteiger partial charge is 0.0655 e. The minimum atomic E-state index is -0.219. The molecular weight excluding hydrogens is 222 g/mol. The van der Waals surface area contributed by atoms with Crippen molar-refractivity contribution in [1.29, 1.82) is 0 Å². The Balaban J connectivity index is 1.82. The molecule has 0 aliphatic heterocycles. The number of aryl methyl sites for hydroxylation is 1. The monoisotopic (exact) mass is 243 g/mol. The van der Waals surface area contributed by atoms with Crippen molar-refractivity contribution >= 4 is 0 Å². The highest BCUT2D eigenvalue weighted by Crippen LogP contribution is 2.37. The third kappa shape index (κ3) is 2.22. The molecule has 3 atom stereocenters. The topological polar surface area (TPSA) is 33.1 Å². The van der Waals surface area contributed by atoms with Gasteiger partial charge in [-0.05, 0) is 56.1 Å². The van der Waals surface area contributed by atoms with Gasteiger partial charge in [0.15, 0.2) is 0 Å². The van der Waals surface area contributed by atoms with Gasteiger partial charge < -0.3 is 5.11 Å². The van der Waals surface area contributed by atoms with Crippen molar-refractivity contribution < 1.29 is 5.11 Å². The van der Waals surface area contributed by atoms with Crippen molar-refractivity contribution in [2.75, 3.05) is 0 Å². The average molecular weight is 243 g/mol. The summed E-state index contributed by atoms with van der Waals surface area (Å²) in [6, 6.07) is 4.18. The van der Waals surface area contributed by atoms with E-state index < -0.39 is 0 Å². The molecule has 1 N–H and O–H groups in total. The van der Waals surface area contributed by atoms with Gasteiger partial charge in [-0.15, -0.1) is 0 Å². The number of aromatic nitrogens is 1. The standard InChI is InChI=1S/C16H21NO/c18-16(13-6-2-1-3-7-13)14-10-4-8-12-9-5-11-17-15(12)14/h1-2,5,9,11,13-14,16,18H,3-4,6-8,10H2. The van der Waals surface area contributed by atoms with Gasteiger partial charge in [-0.25, -0.2) is 0 Å². The zero-order valence-corrected chi connectivity index (χ0v) is 10.8. The van der Waals surface area contributed by atoms with Crippen LogP contribution in [-0.4, -0.2) is 16.2 Å². The summed E-state index contributed by atoms with van der Waals surface area (Å²) < 4.78 is 0. The summed E-state index contributed by atoms with van der Waals surface area (Å²) in [6.07, 6.45) is 12.8. The third-order valence-corrected chi connectivity index (χ3v) is 4.44. The number of rotatable bonds is 2. The molecule has 3 unspecified atom stereocenters. The van der Waals surface area contributed by atoms with Gasteiger partial charge in [0.1, 0.15) is 0 Å². The average Bonchev–Trinajstić information content (AvgIpc) is 2.47. The maximum absolute atomic E-state index is 10.7. The van der Waals surface area contributed by atoms with E-state index >= 15 is 0 Å². The van der Waals surface area contributed by atoms with Gasteiger partial charge in [0, 0.05) is 17.8 Å². The summed E-state index contributed by atoms with van der Waals surface area (Å²) in [5, 5.41) is 10.7. The van der Waals surface area contributed by atoms with Crippen LogP contribution in [0.3, 0.4) is 0 Å². The quantitative estimate of drug-likeness (QED) is 0.809. The first-order valence-electron chi connectivity index (χ1n) is 7.13. The molecule has 0 aromatic carbocycles. The molecule has 0 radical (unpaired) electrons. The first-order valence-corrected chi connectivity index (χ1v) is 7.13. The molecule has 2 nitrogen and oxygen atoms in total. The van der Waals surface area contributed by atoms with E-state index in [0.29, 0.717) is 5.92 Å². The van der Waals surface area contributed by atoms with Gasteiger partial charge in [-0.3, -0.25) is 4.98 Å². The Bertz CT molecular complexity index is 440. The van der Waals surface area contributed by atoms with Crippen LogP contribution in [0.2, 0.25) is 0 Å². The van der Waals surface area contributed by atoms with E-state index in [2.05, 4.69) is 23.2 Å². The first kappa shape index (κ1) is 11.9. The molecule has 1 aromatic rings. The highest BCUT2D eigenvalue weighted by molar-refractivity contribution is 5.27. The Kier molecular flexibility index (Phi) is 3.46. The van der Waals surface area contributed by atoms with Gasteiger partial charge in [-0.1, -0.05) is 18.2 Å². The molecule has 1 aromatic heterocycles. The van der Waals surface area contributed by atoms with Gasteiger partial charge >= 0.3 is 0 Å². The fourth-order valence-electron chi connectivity index (χ4n) is 3.43. The molecule has 0 spiro atoms. The van der Waals surface area contributed by atoms with Crippen molar-refractivity contribution in [2.45, 2.75) is 50.5 Å². The molecule has 96 valence electrons. The lowest BCUT2D eigenvalue weighted by Crippen LogP contribution is -2.31. The number of fused-ring (bicyclic) bond motifs is 1. The van der Waals surface area contributed by atoms with E-state index in [4.69, 9.17) is 0 Å². The second kappa shape index (κ2) is 5.23. The number of pyridine rings is 1. The SMILES string of the molecule is OC(C1CC=CCC1)C1CCCc2cccnc21. The highest BCUT2D eigenvalue weighted by Gasteiger charge is 2.32. The molecule has 3 rings (SSSR count). The summed E-state index contributed by atoms with van der Waals surface area (Å²) in [5.41, 5.74) is 2.50. The van der Waals surface area contributed by atoms with Crippen molar-refractivity contribution in [3.63, 3.8) is 0 Å². The Morgan fingerprint density at radius 3 is 3.06 bits per heavy atom. The summed E-state index contributed by atoms with van der Waals surface area (Å²) in [6.45, 7) is 0. The van der Waals surface area contributed by atoms with Crippen LogP contribution in [-0.2, 0) is 6.42 Å². The van der Waals surface area contributed by atoms with E-state index in [-0.39, 0.29) is 12.0 Å². The maximum atomic E-state index is 10.7. The predicted octanol–water partition coefficient (Wildman–Crippen LogP) is 3.22. The molecular formula is C16H21NO. The van der Waals surface area contributed by atoms with Crippen LogP contribution in [0.25, 0.3) is 0 Å². The van der Waals surface area contributed by atoms with Crippen LogP contribution in [0.1, 0.15) is 49.3 Å². The van der Waals surface area contributed by atoms with Gasteiger partial charge in [-0.2, -0.15) is 0 Å². The van der Waals surface area contributed by atoms with Crippen molar-refractivity contribution in [3.8, 4) is 0 Å². The third-order valence-electron chi connectivity index (χ3n) is 4.44. The molecule has 0 fully saturated rings. The number of hydrogen-bond donors (Lipinski definition) is 1. The minimum Gasteiger partial charge on any atom is -0.392 e. The molecule has 0 amide bonds. The molecule has 0 saturated heterocycles. The fourth-order valence-corrected chi connectivity index (χ4v) is 3.43. The molecule has 2 aliphatic rings. The van der Waals surface area contributed by atoms with Gasteiger partial charge in [0.05, 0.1) is 6.10 Å². The highest BCUT2D eigenvalue weighted by atomic mass is 16.3. The molecule has 0 bridgehead atoms. The zero-order chi connectivity index (χ0) is 12.4. The number of nitrogens with zero attached hydrogens (tertiary/aromatic N) is 1. The lowest BCUT2D eigenvalue weighted by Gasteiger charge is -2.33. The molecule has 2 aliphatic carbocycles. The lowest BCUT2D eigenvalue weighted by atomic mass is 9.76. The summed E-state index contributed by atoms with van der Waals surface area (Å²) in [5.74, 6) is 0.680. The molecule has 1 heterocycles. The molecule has 2 heteroatoms. The summed E-state index contributed by atoms with van der Waals surface area (Å²) in [7, 11) is 0. The van der Waals surface area contributed by atoms with E-state index in [1.807, 2.05) is 12.3 Å². The second-order valence-corrected chi connectivity index (χ2v) is 5.58. The summed E-state index contributed by atoms with van der Waals surface area (Å²) in [4.78, 5) is 4.54. The van der Waals surface area contributed by atoms with Crippen LogP contribution in [0.15, 0.2) is 30.5 Å². The van der Waals surface area contributed by atoms with E-state index in [0.717, 1.165) is 37.8 Å². The van der Waals surface area contributed by atoms with Gasteiger partial charge in [0.2, 0.25) is 0 Å². The molecule has 0 saturated carbocycles. The van der Waals surface area contributed by atoms with Crippen molar-refractivity contribution in [2.24, 2.45) is 5.92 Å². The van der Waals surface area contributed by atoms with E-state index in [9.17, 15) is 5.11 Å². The number of aliphatic hydroxyl groups excluding tert-OH is 1. The fraction of sp³-hybridized carbons (Fsp3) is 0.562. The van der Waals surface area contributed by atoms with Crippen LogP contribution in [0.5, 0.6) is 0 Å². The van der Waals surface area contributed by atoms with Crippen molar-refractivity contribution in [3.05, 3.63) is 41.7 Å². The Morgan fingerprint density at radius 2 is 2.22 bits per heavy atom. The minimum absolute atomic E-state index is 0.219. The van der Waals surface area contributed by atoms with E-state index in [1.165, 1.54) is 12.0 Å². The summed E-state index contributed by atoms with van der Waals surface area (Å²) >= 11 is 0. The largest absolute Gasteiger partial charge is 0.392 e. The number of allylic oxidation sites excluding steroid dienone is 2. The predicted molar refractivity (Wildman–Crippen MR) is 72.4 cm³/mol. The Hall–Kier alpha value is -1.15. The molecule has 18 heavy (non-hydrogen) atoms. The van der Waals surface area contributed by atoms with Crippen LogP contribution in [0, 0.1) is 5.92 Å². The Morgan fingerprint density at radius 1 is 1.28 bits per heavy atom. The van der Waals surface area contributed by atoms with Crippen LogP contribution < -0.4 is 0 Å². The van der Waals surface area contributed by atoms with Crippen molar-refractivity contribution in [1.82, 2.24) is 4.98 Å². The second-order valence-electron chi connectivity index (χ2n) is 5.58. The van der Waals surface area contributed by atoms with Crippen LogP contribution >= 0.6 is 0 Å². The normalized spacial score (nSPS) is 28.7. The zero-order valence-electron chi connectivity index (χ0n) is 10.8. The Labute approximate surface area is 109 Å².